The molecule has 0 aromatic carbocycles. The molecule has 0 aromatic rings. The maximum absolute atomic E-state index is 12.5. The summed E-state index contributed by atoms with van der Waals surface area (Å²) in [6.45, 7) is 5.71. The molecule has 0 spiro atoms. The Labute approximate surface area is 113 Å². The van der Waals surface area contributed by atoms with Crippen LogP contribution in [0.1, 0.15) is 38.5 Å². The van der Waals surface area contributed by atoms with E-state index in [0.717, 1.165) is 19.5 Å². The summed E-state index contributed by atoms with van der Waals surface area (Å²) in [5.41, 5.74) is 0. The summed E-state index contributed by atoms with van der Waals surface area (Å²) < 4.78 is 37.6. The predicted octanol–water partition coefficient (Wildman–Crippen LogP) is 3.14. The fourth-order valence-corrected chi connectivity index (χ4v) is 3.18. The molecular formula is C14H25F3N2. The summed E-state index contributed by atoms with van der Waals surface area (Å²) in [5, 5.41) is 0. The van der Waals surface area contributed by atoms with Crippen molar-refractivity contribution in [1.29, 1.82) is 0 Å². The van der Waals surface area contributed by atoms with Crippen molar-refractivity contribution in [2.45, 2.75) is 44.7 Å². The third kappa shape index (κ3) is 4.95. The summed E-state index contributed by atoms with van der Waals surface area (Å²) in [5.74, 6) is -1.06. The number of nitrogens with zero attached hydrogens (tertiary/aromatic N) is 2. The first-order valence-corrected chi connectivity index (χ1v) is 7.57. The molecule has 0 aromatic heterocycles. The van der Waals surface area contributed by atoms with Crippen LogP contribution in [0.15, 0.2) is 0 Å². The number of hydrogen-bond acceptors (Lipinski definition) is 2. The highest BCUT2D eigenvalue weighted by Crippen LogP contribution is 2.34. The van der Waals surface area contributed by atoms with Gasteiger partial charge in [0.15, 0.2) is 0 Å². The van der Waals surface area contributed by atoms with Crippen molar-refractivity contribution >= 4 is 0 Å². The zero-order valence-corrected chi connectivity index (χ0v) is 11.6. The van der Waals surface area contributed by atoms with Crippen molar-refractivity contribution in [3.05, 3.63) is 0 Å². The van der Waals surface area contributed by atoms with Gasteiger partial charge in [0.2, 0.25) is 0 Å². The van der Waals surface area contributed by atoms with Crippen molar-refractivity contribution in [1.82, 2.24) is 9.80 Å². The van der Waals surface area contributed by atoms with Crippen molar-refractivity contribution < 1.29 is 13.2 Å². The zero-order chi connectivity index (χ0) is 13.7. The van der Waals surface area contributed by atoms with Crippen molar-refractivity contribution in [2.24, 2.45) is 5.92 Å². The lowest BCUT2D eigenvalue weighted by molar-refractivity contribution is -0.185. The quantitative estimate of drug-likeness (QED) is 0.779. The number of alkyl halides is 3. The van der Waals surface area contributed by atoms with Gasteiger partial charge in [0, 0.05) is 0 Å². The monoisotopic (exact) mass is 278 g/mol. The van der Waals surface area contributed by atoms with Gasteiger partial charge >= 0.3 is 6.18 Å². The Morgan fingerprint density at radius 1 is 0.789 bits per heavy atom. The molecule has 2 fully saturated rings. The van der Waals surface area contributed by atoms with Crippen LogP contribution in [0, 0.1) is 5.92 Å². The molecule has 0 atom stereocenters. The van der Waals surface area contributed by atoms with Crippen LogP contribution < -0.4 is 0 Å². The molecule has 112 valence electrons. The van der Waals surface area contributed by atoms with E-state index in [0.29, 0.717) is 13.1 Å². The lowest BCUT2D eigenvalue weighted by Gasteiger charge is -2.33. The molecule has 19 heavy (non-hydrogen) atoms. The minimum atomic E-state index is -3.99. The molecule has 0 saturated carbocycles. The molecule has 0 N–H and O–H groups in total. The Hall–Kier alpha value is -0.290. The maximum Gasteiger partial charge on any atom is 0.391 e. The predicted molar refractivity (Wildman–Crippen MR) is 70.1 cm³/mol. The summed E-state index contributed by atoms with van der Waals surface area (Å²) >= 11 is 0. The number of likely N-dealkylation sites (tertiary alicyclic amines) is 2. The summed E-state index contributed by atoms with van der Waals surface area (Å²) in [6.07, 6.45) is 1.63. The fraction of sp³-hybridized carbons (Fsp3) is 1.00. The molecule has 0 bridgehead atoms. The van der Waals surface area contributed by atoms with E-state index in [1.165, 1.54) is 32.4 Å². The number of halogens is 3. The first-order valence-electron chi connectivity index (χ1n) is 7.57. The SMILES string of the molecule is FC(F)(F)C1CCN(CCCN2CCCCC2)CC1. The van der Waals surface area contributed by atoms with Gasteiger partial charge < -0.3 is 9.80 Å². The van der Waals surface area contributed by atoms with E-state index in [1.807, 2.05) is 0 Å². The van der Waals surface area contributed by atoms with Gasteiger partial charge in [-0.15, -0.1) is 0 Å². The molecule has 2 saturated heterocycles. The van der Waals surface area contributed by atoms with E-state index in [9.17, 15) is 13.2 Å². The Morgan fingerprint density at radius 3 is 1.84 bits per heavy atom. The molecule has 2 aliphatic heterocycles. The van der Waals surface area contributed by atoms with E-state index >= 15 is 0 Å². The topological polar surface area (TPSA) is 6.48 Å². The number of hydrogen-bond donors (Lipinski definition) is 0. The molecule has 2 aliphatic rings. The van der Waals surface area contributed by atoms with E-state index in [2.05, 4.69) is 9.80 Å². The number of rotatable bonds is 4. The average Bonchev–Trinajstić information content (AvgIpc) is 2.39. The van der Waals surface area contributed by atoms with E-state index in [4.69, 9.17) is 0 Å². The van der Waals surface area contributed by atoms with Crippen LogP contribution in [0.2, 0.25) is 0 Å². The van der Waals surface area contributed by atoms with Crippen LogP contribution in [0.5, 0.6) is 0 Å². The van der Waals surface area contributed by atoms with Crippen LogP contribution in [0.3, 0.4) is 0 Å². The van der Waals surface area contributed by atoms with Gasteiger partial charge in [0.1, 0.15) is 0 Å². The lowest BCUT2D eigenvalue weighted by atomic mass is 9.96. The third-order valence-electron chi connectivity index (χ3n) is 4.45. The maximum atomic E-state index is 12.5. The van der Waals surface area contributed by atoms with Crippen LogP contribution in [0.4, 0.5) is 13.2 Å². The third-order valence-corrected chi connectivity index (χ3v) is 4.45. The summed E-state index contributed by atoms with van der Waals surface area (Å²) in [7, 11) is 0. The van der Waals surface area contributed by atoms with Gasteiger partial charge in [-0.25, -0.2) is 0 Å². The van der Waals surface area contributed by atoms with Crippen LogP contribution in [-0.2, 0) is 0 Å². The van der Waals surface area contributed by atoms with Crippen molar-refractivity contribution in [3.8, 4) is 0 Å². The average molecular weight is 278 g/mol. The molecule has 2 nitrogen and oxygen atoms in total. The van der Waals surface area contributed by atoms with E-state index in [-0.39, 0.29) is 12.8 Å². The normalized spacial score (nSPS) is 24.8. The second kappa shape index (κ2) is 6.93. The van der Waals surface area contributed by atoms with Gasteiger partial charge in [0.25, 0.3) is 0 Å². The minimum absolute atomic E-state index is 0.285. The van der Waals surface area contributed by atoms with Gasteiger partial charge in [-0.05, 0) is 71.4 Å². The second-order valence-corrected chi connectivity index (χ2v) is 5.91. The lowest BCUT2D eigenvalue weighted by Crippen LogP contribution is -2.40. The zero-order valence-electron chi connectivity index (χ0n) is 11.6. The van der Waals surface area contributed by atoms with Crippen molar-refractivity contribution in [2.75, 3.05) is 39.3 Å². The summed E-state index contributed by atoms with van der Waals surface area (Å²) in [4.78, 5) is 4.69. The Bertz CT molecular complexity index is 254. The van der Waals surface area contributed by atoms with Crippen LogP contribution >= 0.6 is 0 Å². The Kier molecular flexibility index (Phi) is 5.51. The summed E-state index contributed by atoms with van der Waals surface area (Å²) in [6, 6.07) is 0. The van der Waals surface area contributed by atoms with E-state index in [1.54, 1.807) is 0 Å². The van der Waals surface area contributed by atoms with Gasteiger partial charge in [0.05, 0.1) is 5.92 Å². The Morgan fingerprint density at radius 2 is 1.32 bits per heavy atom. The Balaban J connectivity index is 1.58. The molecule has 0 amide bonds. The van der Waals surface area contributed by atoms with E-state index < -0.39 is 12.1 Å². The molecule has 2 heterocycles. The molecular weight excluding hydrogens is 253 g/mol. The smallest absolute Gasteiger partial charge is 0.303 e. The minimum Gasteiger partial charge on any atom is -0.303 e. The van der Waals surface area contributed by atoms with Crippen molar-refractivity contribution in [3.63, 3.8) is 0 Å². The standard InChI is InChI=1S/C14H25F3N2/c15-14(16,17)13-5-11-19(12-6-13)10-4-9-18-7-2-1-3-8-18/h13H,1-12H2. The number of piperidine rings is 2. The second-order valence-electron chi connectivity index (χ2n) is 5.91. The van der Waals surface area contributed by atoms with Crippen LogP contribution in [-0.4, -0.2) is 55.2 Å². The van der Waals surface area contributed by atoms with Gasteiger partial charge in [-0.1, -0.05) is 6.42 Å². The highest BCUT2D eigenvalue weighted by molar-refractivity contribution is 4.77. The molecule has 5 heteroatoms. The highest BCUT2D eigenvalue weighted by Gasteiger charge is 2.40. The van der Waals surface area contributed by atoms with Gasteiger partial charge in [-0.2, -0.15) is 13.2 Å². The first-order chi connectivity index (χ1) is 9.05. The molecule has 0 aliphatic carbocycles. The first kappa shape index (κ1) is 15.1. The van der Waals surface area contributed by atoms with Crippen LogP contribution in [0.25, 0.3) is 0 Å². The molecule has 0 unspecified atom stereocenters. The molecule has 0 radical (unpaired) electrons. The highest BCUT2D eigenvalue weighted by atomic mass is 19.4. The van der Waals surface area contributed by atoms with Gasteiger partial charge in [-0.3, -0.25) is 0 Å². The molecule has 2 rings (SSSR count). The largest absolute Gasteiger partial charge is 0.391 e. The fourth-order valence-electron chi connectivity index (χ4n) is 3.18.